The summed E-state index contributed by atoms with van der Waals surface area (Å²) < 4.78 is 28.4. The highest BCUT2D eigenvalue weighted by molar-refractivity contribution is 5.92. The third-order valence-corrected chi connectivity index (χ3v) is 8.02. The van der Waals surface area contributed by atoms with Crippen molar-refractivity contribution in [2.24, 2.45) is 0 Å². The molecule has 12 N–H and O–H groups in total. The van der Waals surface area contributed by atoms with E-state index in [1.54, 1.807) is 30.3 Å². The maximum absolute atomic E-state index is 13.5. The van der Waals surface area contributed by atoms with Crippen molar-refractivity contribution in [3.63, 3.8) is 0 Å². The summed E-state index contributed by atoms with van der Waals surface area (Å²) in [6, 6.07) is 12.7. The molecule has 19 nitrogen and oxygen atoms in total. The van der Waals surface area contributed by atoms with E-state index in [2.05, 4.69) is 7.05 Å². The SMILES string of the molecule is [CH2-][NH2+]C(OC1OC(COC(=O)c2cc(O)c(O)c(O)c2)C(O)C(OC(=O)c2cc(O)c(O)c(O)c2)C1OC(=O)c1cc(O)c(O)c(O)c1)c1ccccc1. The summed E-state index contributed by atoms with van der Waals surface area (Å²) in [5.74, 6) is -12.2. The lowest BCUT2D eigenvalue weighted by molar-refractivity contribution is -0.694. The minimum Gasteiger partial charge on any atom is -0.504 e. The highest BCUT2D eigenvalue weighted by Gasteiger charge is 2.52. The summed E-state index contributed by atoms with van der Waals surface area (Å²) in [5, 5.41) is 102. The molecule has 1 aliphatic heterocycles. The average Bonchev–Trinajstić information content (AvgIpc) is 3.14. The number of carbonyl (C=O) groups is 3. The number of rotatable bonds is 11. The van der Waals surface area contributed by atoms with Crippen LogP contribution in [0.5, 0.6) is 51.7 Å². The number of hydrogen-bond donors (Lipinski definition) is 11. The molecule has 5 rings (SSSR count). The third-order valence-electron chi connectivity index (χ3n) is 8.02. The topological polar surface area (TPSA) is 316 Å². The van der Waals surface area contributed by atoms with Crippen molar-refractivity contribution in [2.75, 3.05) is 6.61 Å². The number of aliphatic hydroxyl groups is 1. The first-order chi connectivity index (χ1) is 25.6. The Morgan fingerprint density at radius 1 is 0.648 bits per heavy atom. The molecular formula is C35H33NO18. The molecule has 1 aliphatic rings. The van der Waals surface area contributed by atoms with E-state index in [1.165, 1.54) is 5.32 Å². The number of carbonyl (C=O) groups excluding carboxylic acids is 3. The van der Waals surface area contributed by atoms with Crippen LogP contribution in [0.1, 0.15) is 42.9 Å². The molecule has 0 aliphatic carbocycles. The molecule has 6 atom stereocenters. The summed E-state index contributed by atoms with van der Waals surface area (Å²) in [6.07, 6.45) is -10.6. The van der Waals surface area contributed by atoms with Crippen LogP contribution in [-0.2, 0) is 23.7 Å². The maximum atomic E-state index is 13.5. The van der Waals surface area contributed by atoms with Gasteiger partial charge in [-0.2, -0.15) is 0 Å². The average molecular weight is 756 g/mol. The molecule has 1 heterocycles. The van der Waals surface area contributed by atoms with Gasteiger partial charge in [0, 0.05) is 5.56 Å². The molecule has 0 spiro atoms. The molecule has 286 valence electrons. The van der Waals surface area contributed by atoms with Crippen molar-refractivity contribution in [1.82, 2.24) is 0 Å². The minimum absolute atomic E-state index is 0.446. The van der Waals surface area contributed by atoms with Crippen molar-refractivity contribution in [3.05, 3.63) is 96.0 Å². The number of ether oxygens (including phenoxy) is 5. The van der Waals surface area contributed by atoms with Crippen LogP contribution in [0.4, 0.5) is 0 Å². The van der Waals surface area contributed by atoms with Crippen molar-refractivity contribution >= 4 is 17.9 Å². The number of hydrogen-bond acceptors (Lipinski definition) is 18. The standard InChI is InChI=1S/C35H33NO18/c1-36-31(14-5-3-2-4-6-14)54-35-30(53-34(49)17-11-22(41)27(45)23(42)12-17)29(52-33(48)16-9-20(39)26(44)21(40)10-16)28(46)24(51-35)13-50-32(47)15-7-18(37)25(43)19(38)8-15/h2-12,24,28-31,35,37-46H,1,13,36H2. The van der Waals surface area contributed by atoms with E-state index in [9.17, 15) is 65.4 Å². The Hall–Kier alpha value is -6.67. The van der Waals surface area contributed by atoms with Crippen LogP contribution in [0.3, 0.4) is 0 Å². The monoisotopic (exact) mass is 755 g/mol. The summed E-state index contributed by atoms with van der Waals surface area (Å²) in [5.41, 5.74) is -1.08. The van der Waals surface area contributed by atoms with E-state index < -0.39 is 130 Å². The Morgan fingerprint density at radius 3 is 1.48 bits per heavy atom. The molecule has 0 amide bonds. The van der Waals surface area contributed by atoms with Gasteiger partial charge in [0.25, 0.3) is 0 Å². The number of aromatic hydroxyl groups is 9. The Kier molecular flexibility index (Phi) is 11.4. The summed E-state index contributed by atoms with van der Waals surface area (Å²) in [6.45, 7) is -0.860. The van der Waals surface area contributed by atoms with Crippen molar-refractivity contribution in [3.8, 4) is 51.7 Å². The van der Waals surface area contributed by atoms with Crippen molar-refractivity contribution in [2.45, 2.75) is 36.9 Å². The fraction of sp³-hybridized carbons (Fsp3) is 0.200. The summed E-state index contributed by atoms with van der Waals surface area (Å²) >= 11 is 0. The van der Waals surface area contributed by atoms with Crippen LogP contribution in [0.25, 0.3) is 0 Å². The fourth-order valence-corrected chi connectivity index (χ4v) is 5.25. The second-order valence-corrected chi connectivity index (χ2v) is 11.7. The van der Waals surface area contributed by atoms with Gasteiger partial charge in [-0.15, -0.1) is 7.05 Å². The van der Waals surface area contributed by atoms with Gasteiger partial charge < -0.3 is 75.3 Å². The first-order valence-electron chi connectivity index (χ1n) is 15.6. The zero-order valence-electron chi connectivity index (χ0n) is 27.5. The lowest BCUT2D eigenvalue weighted by Crippen LogP contribution is -2.80. The van der Waals surface area contributed by atoms with Gasteiger partial charge in [0.05, 0.1) is 16.7 Å². The number of quaternary nitrogens is 1. The molecule has 0 saturated carbocycles. The Morgan fingerprint density at radius 2 is 1.06 bits per heavy atom. The number of benzene rings is 4. The van der Waals surface area contributed by atoms with E-state index in [1.807, 2.05) is 0 Å². The maximum Gasteiger partial charge on any atom is 0.339 e. The number of phenols is 9. The lowest BCUT2D eigenvalue weighted by atomic mass is 9.98. The van der Waals surface area contributed by atoms with Gasteiger partial charge in [0.1, 0.15) is 18.8 Å². The Bertz CT molecular complexity index is 1970. The number of esters is 3. The lowest BCUT2D eigenvalue weighted by Gasteiger charge is -2.43. The summed E-state index contributed by atoms with van der Waals surface area (Å²) in [4.78, 5) is 39.8. The molecule has 54 heavy (non-hydrogen) atoms. The molecule has 4 aromatic rings. The predicted molar refractivity (Wildman–Crippen MR) is 175 cm³/mol. The third kappa shape index (κ3) is 8.18. The number of nitrogens with two attached hydrogens (primary N) is 1. The first kappa shape index (κ1) is 38.6. The van der Waals surface area contributed by atoms with Gasteiger partial charge in [-0.25, -0.2) is 14.4 Å². The normalized spacial score (nSPS) is 20.1. The largest absolute Gasteiger partial charge is 0.504 e. The van der Waals surface area contributed by atoms with E-state index >= 15 is 0 Å². The zero-order valence-corrected chi connectivity index (χ0v) is 27.5. The first-order valence-corrected chi connectivity index (χ1v) is 15.6. The van der Waals surface area contributed by atoms with Crippen molar-refractivity contribution < 1.29 is 94.4 Å². The molecule has 1 saturated heterocycles. The van der Waals surface area contributed by atoms with E-state index in [0.717, 1.165) is 24.3 Å². The van der Waals surface area contributed by atoms with Gasteiger partial charge in [0.2, 0.25) is 6.29 Å². The molecule has 19 heteroatoms. The van der Waals surface area contributed by atoms with Gasteiger partial charge >= 0.3 is 17.9 Å². The second-order valence-electron chi connectivity index (χ2n) is 11.7. The van der Waals surface area contributed by atoms with Crippen LogP contribution < -0.4 is 5.32 Å². The van der Waals surface area contributed by atoms with Gasteiger partial charge in [-0.1, -0.05) is 30.3 Å². The van der Waals surface area contributed by atoms with Crippen molar-refractivity contribution in [1.29, 1.82) is 0 Å². The number of aliphatic hydroxyl groups excluding tert-OH is 1. The van der Waals surface area contributed by atoms with Gasteiger partial charge in [-0.3, -0.25) is 4.74 Å². The molecule has 0 radical (unpaired) electrons. The van der Waals surface area contributed by atoms with Crippen LogP contribution in [-0.4, -0.2) is 106 Å². The molecule has 0 aromatic heterocycles. The second kappa shape index (κ2) is 15.9. The highest BCUT2D eigenvalue weighted by atomic mass is 16.7. The molecule has 4 aromatic carbocycles. The van der Waals surface area contributed by atoms with E-state index in [4.69, 9.17) is 23.7 Å². The summed E-state index contributed by atoms with van der Waals surface area (Å²) in [7, 11) is 3.74. The quantitative estimate of drug-likeness (QED) is 0.0331. The highest BCUT2D eigenvalue weighted by Crippen LogP contribution is 2.39. The van der Waals surface area contributed by atoms with Gasteiger partial charge in [-0.05, 0) is 36.4 Å². The Labute approximate surface area is 303 Å². The Balaban J connectivity index is 1.54. The number of phenolic OH excluding ortho intramolecular Hbond substituents is 9. The predicted octanol–water partition coefficient (Wildman–Crippen LogP) is 0.801. The van der Waals surface area contributed by atoms with Crippen LogP contribution in [0.2, 0.25) is 0 Å². The zero-order chi connectivity index (χ0) is 39.4. The smallest absolute Gasteiger partial charge is 0.339 e. The molecule has 1 fully saturated rings. The van der Waals surface area contributed by atoms with Gasteiger partial charge in [0.15, 0.2) is 70.2 Å². The minimum atomic E-state index is -2.07. The molecule has 6 unspecified atom stereocenters. The fourth-order valence-electron chi connectivity index (χ4n) is 5.25. The molecule has 0 bridgehead atoms. The van der Waals surface area contributed by atoms with Crippen LogP contribution in [0, 0.1) is 7.05 Å². The van der Waals surface area contributed by atoms with Crippen LogP contribution >= 0.6 is 0 Å². The van der Waals surface area contributed by atoms with Crippen LogP contribution in [0.15, 0.2) is 66.7 Å². The van der Waals surface area contributed by atoms with E-state index in [0.29, 0.717) is 17.7 Å². The molecular weight excluding hydrogens is 722 g/mol. The van der Waals surface area contributed by atoms with E-state index in [-0.39, 0.29) is 0 Å².